The molecule has 168 valence electrons. The van der Waals surface area contributed by atoms with Crippen molar-refractivity contribution in [1.29, 1.82) is 0 Å². The Labute approximate surface area is 191 Å². The maximum absolute atomic E-state index is 13.4. The average Bonchev–Trinajstić information content (AvgIpc) is 3.10. The molecule has 0 bridgehead atoms. The standard InChI is InChI=1S/C26H24N2O5/c1-15-10-11-16(2)18(13-15)28-23(17-7-6-12-27-14-17)22(25(30)26(28)31)24(29)21-19(32-3)8-5-9-20(21)33-4/h5-14,23,29H,1-4H3/b24-22+. The Bertz CT molecular complexity index is 1240. The van der Waals surface area contributed by atoms with Crippen molar-refractivity contribution >= 4 is 23.1 Å². The van der Waals surface area contributed by atoms with E-state index in [1.54, 1.807) is 42.7 Å². The van der Waals surface area contributed by atoms with Crippen LogP contribution in [0.25, 0.3) is 5.76 Å². The number of aromatic nitrogens is 1. The molecule has 1 unspecified atom stereocenters. The highest BCUT2D eigenvalue weighted by atomic mass is 16.5. The van der Waals surface area contributed by atoms with Gasteiger partial charge in [0.1, 0.15) is 22.8 Å². The van der Waals surface area contributed by atoms with Gasteiger partial charge in [0.2, 0.25) is 0 Å². The second-order valence-corrected chi connectivity index (χ2v) is 7.78. The zero-order valence-electron chi connectivity index (χ0n) is 18.8. The minimum absolute atomic E-state index is 0.0586. The molecular weight excluding hydrogens is 420 g/mol. The number of anilines is 1. The lowest BCUT2D eigenvalue weighted by Crippen LogP contribution is -2.30. The number of pyridine rings is 1. The molecule has 0 radical (unpaired) electrons. The SMILES string of the molecule is COc1cccc(OC)c1/C(O)=C1\C(=O)C(=O)N(c2cc(C)ccc2C)C1c1cccnc1. The average molecular weight is 444 g/mol. The lowest BCUT2D eigenvalue weighted by Gasteiger charge is -2.27. The molecule has 2 aromatic carbocycles. The zero-order valence-corrected chi connectivity index (χ0v) is 18.8. The van der Waals surface area contributed by atoms with Crippen molar-refractivity contribution in [3.05, 3.63) is 88.8 Å². The molecule has 0 saturated carbocycles. The molecule has 1 saturated heterocycles. The molecule has 1 aromatic heterocycles. The number of rotatable bonds is 5. The van der Waals surface area contributed by atoms with E-state index in [1.165, 1.54) is 19.1 Å². The molecule has 1 N–H and O–H groups in total. The molecule has 1 fully saturated rings. The third-order valence-electron chi connectivity index (χ3n) is 5.73. The number of amides is 1. The van der Waals surface area contributed by atoms with Crippen molar-refractivity contribution in [3.8, 4) is 11.5 Å². The van der Waals surface area contributed by atoms with Crippen LogP contribution in [0.15, 0.2) is 66.5 Å². The fourth-order valence-corrected chi connectivity index (χ4v) is 4.13. The summed E-state index contributed by atoms with van der Waals surface area (Å²) in [6.45, 7) is 3.79. The number of carbonyl (C=O) groups excluding carboxylic acids is 2. The summed E-state index contributed by atoms with van der Waals surface area (Å²) < 4.78 is 10.8. The highest BCUT2D eigenvalue weighted by Gasteiger charge is 2.48. The first kappa shape index (κ1) is 22.1. The van der Waals surface area contributed by atoms with Crippen LogP contribution in [-0.2, 0) is 9.59 Å². The van der Waals surface area contributed by atoms with E-state index < -0.39 is 17.7 Å². The van der Waals surface area contributed by atoms with Crippen molar-refractivity contribution in [1.82, 2.24) is 4.98 Å². The fraction of sp³-hybridized carbons (Fsp3) is 0.192. The van der Waals surface area contributed by atoms with Crippen LogP contribution in [0, 0.1) is 13.8 Å². The molecule has 3 aromatic rings. The summed E-state index contributed by atoms with van der Waals surface area (Å²) in [4.78, 5) is 32.3. The van der Waals surface area contributed by atoms with Crippen molar-refractivity contribution in [2.45, 2.75) is 19.9 Å². The Kier molecular flexibility index (Phi) is 5.87. The summed E-state index contributed by atoms with van der Waals surface area (Å²) in [6.07, 6.45) is 3.19. The number of nitrogens with zero attached hydrogens (tertiary/aromatic N) is 2. The van der Waals surface area contributed by atoms with Crippen LogP contribution in [-0.4, -0.2) is 36.0 Å². The van der Waals surface area contributed by atoms with Crippen LogP contribution in [0.4, 0.5) is 5.69 Å². The van der Waals surface area contributed by atoms with Crippen molar-refractivity contribution in [2.75, 3.05) is 19.1 Å². The molecule has 1 aliphatic rings. The first-order chi connectivity index (χ1) is 15.9. The number of benzene rings is 2. The van der Waals surface area contributed by atoms with Gasteiger partial charge in [-0.05, 0) is 54.8 Å². The molecule has 33 heavy (non-hydrogen) atoms. The number of hydrogen-bond acceptors (Lipinski definition) is 6. The van der Waals surface area contributed by atoms with E-state index in [-0.39, 0.29) is 16.9 Å². The van der Waals surface area contributed by atoms with Gasteiger partial charge in [0.25, 0.3) is 11.7 Å². The summed E-state index contributed by atoms with van der Waals surface area (Å²) in [5, 5.41) is 11.5. The number of carbonyl (C=O) groups is 2. The number of ether oxygens (including phenoxy) is 2. The Hall–Kier alpha value is -4.13. The molecule has 1 atom stereocenters. The van der Waals surface area contributed by atoms with E-state index in [4.69, 9.17) is 9.47 Å². The maximum Gasteiger partial charge on any atom is 0.300 e. The predicted molar refractivity (Wildman–Crippen MR) is 124 cm³/mol. The van der Waals surface area contributed by atoms with Gasteiger partial charge < -0.3 is 14.6 Å². The van der Waals surface area contributed by atoms with Crippen molar-refractivity contribution in [3.63, 3.8) is 0 Å². The minimum Gasteiger partial charge on any atom is -0.506 e. The van der Waals surface area contributed by atoms with Gasteiger partial charge in [0, 0.05) is 18.1 Å². The van der Waals surface area contributed by atoms with Crippen LogP contribution < -0.4 is 14.4 Å². The quantitative estimate of drug-likeness (QED) is 0.358. The number of aliphatic hydroxyl groups is 1. The lowest BCUT2D eigenvalue weighted by molar-refractivity contribution is -0.132. The largest absolute Gasteiger partial charge is 0.506 e. The van der Waals surface area contributed by atoms with Crippen LogP contribution in [0.3, 0.4) is 0 Å². The van der Waals surface area contributed by atoms with E-state index in [2.05, 4.69) is 4.98 Å². The van der Waals surface area contributed by atoms with E-state index in [0.717, 1.165) is 11.1 Å². The van der Waals surface area contributed by atoms with Crippen LogP contribution in [0.5, 0.6) is 11.5 Å². The number of methoxy groups -OCH3 is 2. The van der Waals surface area contributed by atoms with Crippen LogP contribution in [0.1, 0.15) is 28.3 Å². The Morgan fingerprint density at radius 2 is 1.70 bits per heavy atom. The summed E-state index contributed by atoms with van der Waals surface area (Å²) >= 11 is 0. The number of hydrogen-bond donors (Lipinski definition) is 1. The zero-order chi connectivity index (χ0) is 23.7. The van der Waals surface area contributed by atoms with Gasteiger partial charge >= 0.3 is 0 Å². The Morgan fingerprint density at radius 1 is 1.00 bits per heavy atom. The number of ketones is 1. The van der Waals surface area contributed by atoms with Crippen LogP contribution in [0.2, 0.25) is 0 Å². The maximum atomic E-state index is 13.4. The molecule has 7 heteroatoms. The van der Waals surface area contributed by atoms with Gasteiger partial charge in [-0.2, -0.15) is 0 Å². The van der Waals surface area contributed by atoms with E-state index in [1.807, 2.05) is 32.0 Å². The normalized spacial score (nSPS) is 17.3. The van der Waals surface area contributed by atoms with Gasteiger partial charge in [-0.15, -0.1) is 0 Å². The van der Waals surface area contributed by atoms with Gasteiger partial charge in [-0.1, -0.05) is 24.3 Å². The van der Waals surface area contributed by atoms with Gasteiger partial charge in [-0.3, -0.25) is 19.5 Å². The van der Waals surface area contributed by atoms with Gasteiger partial charge in [0.15, 0.2) is 0 Å². The summed E-state index contributed by atoms with van der Waals surface area (Å²) in [6, 6.07) is 13.3. The fourth-order valence-electron chi connectivity index (χ4n) is 4.13. The number of aliphatic hydroxyl groups excluding tert-OH is 1. The topological polar surface area (TPSA) is 89.0 Å². The highest BCUT2D eigenvalue weighted by Crippen LogP contribution is 2.45. The smallest absolute Gasteiger partial charge is 0.300 e. The predicted octanol–water partition coefficient (Wildman–Crippen LogP) is 4.34. The van der Waals surface area contributed by atoms with Crippen molar-refractivity contribution in [2.24, 2.45) is 0 Å². The molecule has 1 amide bonds. The second kappa shape index (κ2) is 8.78. The molecule has 1 aliphatic heterocycles. The number of aryl methyl sites for hydroxylation is 2. The summed E-state index contributed by atoms with van der Waals surface area (Å²) in [7, 11) is 2.91. The second-order valence-electron chi connectivity index (χ2n) is 7.78. The molecule has 4 rings (SSSR count). The molecule has 7 nitrogen and oxygen atoms in total. The van der Waals surface area contributed by atoms with Gasteiger partial charge in [0.05, 0.1) is 25.8 Å². The highest BCUT2D eigenvalue weighted by molar-refractivity contribution is 6.51. The Balaban J connectivity index is 2.03. The van der Waals surface area contributed by atoms with Gasteiger partial charge in [-0.25, -0.2) is 0 Å². The lowest BCUT2D eigenvalue weighted by atomic mass is 9.95. The van der Waals surface area contributed by atoms with E-state index in [9.17, 15) is 14.7 Å². The first-order valence-corrected chi connectivity index (χ1v) is 10.4. The molecule has 2 heterocycles. The van der Waals surface area contributed by atoms with E-state index >= 15 is 0 Å². The number of Topliss-reactive ketones (excluding diaryl/α,β-unsaturated/α-hetero) is 1. The summed E-state index contributed by atoms with van der Waals surface area (Å²) in [5.41, 5.74) is 3.09. The van der Waals surface area contributed by atoms with Crippen molar-refractivity contribution < 1.29 is 24.2 Å². The third-order valence-corrected chi connectivity index (χ3v) is 5.73. The Morgan fingerprint density at radius 3 is 2.30 bits per heavy atom. The third kappa shape index (κ3) is 3.71. The van der Waals surface area contributed by atoms with E-state index in [0.29, 0.717) is 22.7 Å². The molecule has 0 spiro atoms. The first-order valence-electron chi connectivity index (χ1n) is 10.4. The van der Waals surface area contributed by atoms with Crippen LogP contribution >= 0.6 is 0 Å². The molecule has 0 aliphatic carbocycles. The minimum atomic E-state index is -0.881. The monoisotopic (exact) mass is 444 g/mol. The molecular formula is C26H24N2O5. The summed E-state index contributed by atoms with van der Waals surface area (Å²) in [5.74, 6) is -1.27.